The predicted octanol–water partition coefficient (Wildman–Crippen LogP) is 2.89. The summed E-state index contributed by atoms with van der Waals surface area (Å²) in [7, 11) is 0. The van der Waals surface area contributed by atoms with E-state index in [-0.39, 0.29) is 0 Å². The van der Waals surface area contributed by atoms with E-state index in [1.807, 2.05) is 0 Å². The van der Waals surface area contributed by atoms with Crippen molar-refractivity contribution in [2.75, 3.05) is 19.6 Å². The van der Waals surface area contributed by atoms with Gasteiger partial charge in [-0.15, -0.1) is 0 Å². The van der Waals surface area contributed by atoms with Gasteiger partial charge in [-0.05, 0) is 52.1 Å². The Hall–Kier alpha value is -0.0800. The van der Waals surface area contributed by atoms with E-state index in [1.54, 1.807) is 0 Å². The number of nitrogens with one attached hydrogen (secondary N) is 1. The summed E-state index contributed by atoms with van der Waals surface area (Å²) in [4.78, 5) is 2.68. The number of hydrogen-bond acceptors (Lipinski definition) is 2. The van der Waals surface area contributed by atoms with Crippen LogP contribution >= 0.6 is 0 Å². The van der Waals surface area contributed by atoms with Gasteiger partial charge in [-0.1, -0.05) is 20.8 Å². The Morgan fingerprint density at radius 1 is 1.38 bits per heavy atom. The Morgan fingerprint density at radius 3 is 2.62 bits per heavy atom. The van der Waals surface area contributed by atoms with Crippen LogP contribution in [0.3, 0.4) is 0 Å². The molecule has 0 saturated carbocycles. The van der Waals surface area contributed by atoms with Crippen LogP contribution in [0.5, 0.6) is 0 Å². The van der Waals surface area contributed by atoms with E-state index in [9.17, 15) is 0 Å². The zero-order valence-electron chi connectivity index (χ0n) is 11.8. The van der Waals surface area contributed by atoms with Gasteiger partial charge in [-0.2, -0.15) is 0 Å². The maximum atomic E-state index is 3.70. The van der Waals surface area contributed by atoms with Gasteiger partial charge in [0.15, 0.2) is 0 Å². The molecule has 0 bridgehead atoms. The minimum absolute atomic E-state index is 0.362. The first-order valence-corrected chi connectivity index (χ1v) is 6.94. The van der Waals surface area contributed by atoms with Crippen LogP contribution in [0.1, 0.15) is 53.9 Å². The van der Waals surface area contributed by atoms with Gasteiger partial charge in [0, 0.05) is 18.1 Å². The molecule has 1 unspecified atom stereocenters. The maximum absolute atomic E-state index is 3.70. The molecule has 1 fully saturated rings. The van der Waals surface area contributed by atoms with Crippen molar-refractivity contribution in [3.8, 4) is 0 Å². The zero-order valence-corrected chi connectivity index (χ0v) is 11.8. The molecule has 1 aliphatic heterocycles. The second-order valence-electron chi connectivity index (χ2n) is 6.25. The van der Waals surface area contributed by atoms with Crippen molar-refractivity contribution in [3.63, 3.8) is 0 Å². The van der Waals surface area contributed by atoms with Crippen molar-refractivity contribution in [3.05, 3.63) is 0 Å². The Kier molecular flexibility index (Phi) is 5.26. The highest BCUT2D eigenvalue weighted by molar-refractivity contribution is 4.86. The van der Waals surface area contributed by atoms with Gasteiger partial charge < -0.3 is 5.32 Å². The molecule has 0 amide bonds. The monoisotopic (exact) mass is 226 g/mol. The van der Waals surface area contributed by atoms with Crippen LogP contribution in [0.25, 0.3) is 0 Å². The molecule has 0 radical (unpaired) electrons. The Labute approximate surface area is 102 Å². The van der Waals surface area contributed by atoms with Crippen LogP contribution in [0.15, 0.2) is 0 Å². The van der Waals surface area contributed by atoms with Crippen LogP contribution < -0.4 is 5.32 Å². The molecule has 0 aliphatic carbocycles. The lowest BCUT2D eigenvalue weighted by molar-refractivity contribution is 0.110. The van der Waals surface area contributed by atoms with Gasteiger partial charge in [-0.25, -0.2) is 0 Å². The van der Waals surface area contributed by atoms with Gasteiger partial charge in [0.05, 0.1) is 0 Å². The third-order valence-electron chi connectivity index (χ3n) is 3.96. The lowest BCUT2D eigenvalue weighted by Crippen LogP contribution is -2.48. The zero-order chi connectivity index (χ0) is 12.2. The van der Waals surface area contributed by atoms with Gasteiger partial charge in [0.1, 0.15) is 0 Å². The highest BCUT2D eigenvalue weighted by Crippen LogP contribution is 2.21. The topological polar surface area (TPSA) is 15.3 Å². The fourth-order valence-corrected chi connectivity index (χ4v) is 2.50. The Morgan fingerprint density at radius 2 is 2.06 bits per heavy atom. The van der Waals surface area contributed by atoms with Crippen molar-refractivity contribution in [2.45, 2.75) is 65.5 Å². The second-order valence-corrected chi connectivity index (χ2v) is 6.25. The SMILES string of the molecule is CCC(C)(C)N1CCCNC(CC(C)C)C1. The summed E-state index contributed by atoms with van der Waals surface area (Å²) in [5.74, 6) is 0.794. The van der Waals surface area contributed by atoms with Crippen LogP contribution in [-0.2, 0) is 0 Å². The van der Waals surface area contributed by atoms with Crippen LogP contribution in [0.2, 0.25) is 0 Å². The van der Waals surface area contributed by atoms with E-state index in [1.165, 1.54) is 38.9 Å². The summed E-state index contributed by atoms with van der Waals surface area (Å²) in [6, 6.07) is 0.688. The molecule has 1 aliphatic rings. The molecule has 16 heavy (non-hydrogen) atoms. The molecule has 1 N–H and O–H groups in total. The lowest BCUT2D eigenvalue weighted by Gasteiger charge is -2.39. The fraction of sp³-hybridized carbons (Fsp3) is 1.00. The van der Waals surface area contributed by atoms with Gasteiger partial charge in [-0.3, -0.25) is 4.90 Å². The van der Waals surface area contributed by atoms with Gasteiger partial charge in [0.25, 0.3) is 0 Å². The van der Waals surface area contributed by atoms with Crippen molar-refractivity contribution >= 4 is 0 Å². The summed E-state index contributed by atoms with van der Waals surface area (Å²) >= 11 is 0. The summed E-state index contributed by atoms with van der Waals surface area (Å²) in [5.41, 5.74) is 0.362. The van der Waals surface area contributed by atoms with Crippen molar-refractivity contribution in [2.24, 2.45) is 5.92 Å². The Bertz CT molecular complexity index is 199. The summed E-state index contributed by atoms with van der Waals surface area (Å²) in [5, 5.41) is 3.70. The first-order chi connectivity index (χ1) is 7.45. The van der Waals surface area contributed by atoms with Crippen LogP contribution in [0.4, 0.5) is 0 Å². The minimum Gasteiger partial charge on any atom is -0.313 e. The predicted molar refractivity (Wildman–Crippen MR) is 71.8 cm³/mol. The van der Waals surface area contributed by atoms with Gasteiger partial charge >= 0.3 is 0 Å². The molecule has 1 atom stereocenters. The van der Waals surface area contributed by atoms with E-state index in [4.69, 9.17) is 0 Å². The molecule has 2 heteroatoms. The molecule has 0 spiro atoms. The quantitative estimate of drug-likeness (QED) is 0.793. The summed E-state index contributed by atoms with van der Waals surface area (Å²) < 4.78 is 0. The number of nitrogens with zero attached hydrogens (tertiary/aromatic N) is 1. The van der Waals surface area contributed by atoms with Crippen molar-refractivity contribution in [1.82, 2.24) is 10.2 Å². The molecule has 1 rings (SSSR count). The largest absolute Gasteiger partial charge is 0.313 e. The number of hydrogen-bond donors (Lipinski definition) is 1. The third kappa shape index (κ3) is 4.06. The second kappa shape index (κ2) is 6.02. The molecule has 0 aromatic heterocycles. The van der Waals surface area contributed by atoms with Gasteiger partial charge in [0.2, 0.25) is 0 Å². The van der Waals surface area contributed by atoms with E-state index >= 15 is 0 Å². The van der Waals surface area contributed by atoms with E-state index in [0.717, 1.165) is 5.92 Å². The third-order valence-corrected chi connectivity index (χ3v) is 3.96. The summed E-state index contributed by atoms with van der Waals surface area (Å²) in [6.07, 6.45) is 3.83. The lowest BCUT2D eigenvalue weighted by atomic mass is 9.97. The molecule has 0 aromatic rings. The number of rotatable bonds is 4. The van der Waals surface area contributed by atoms with Crippen molar-refractivity contribution < 1.29 is 0 Å². The molecule has 2 nitrogen and oxygen atoms in total. The van der Waals surface area contributed by atoms with Crippen LogP contribution in [0, 0.1) is 5.92 Å². The first kappa shape index (κ1) is 14.0. The van der Waals surface area contributed by atoms with Crippen molar-refractivity contribution in [1.29, 1.82) is 0 Å². The molecule has 0 aromatic carbocycles. The van der Waals surface area contributed by atoms with Crippen LogP contribution in [-0.4, -0.2) is 36.1 Å². The molecular weight excluding hydrogens is 196 g/mol. The molecular formula is C14H30N2. The minimum atomic E-state index is 0.362. The average Bonchev–Trinajstić information content (AvgIpc) is 2.43. The Balaban J connectivity index is 2.58. The fourth-order valence-electron chi connectivity index (χ4n) is 2.50. The molecule has 96 valence electrons. The normalized spacial score (nSPS) is 24.8. The van der Waals surface area contributed by atoms with E-state index < -0.39 is 0 Å². The average molecular weight is 226 g/mol. The molecule has 1 heterocycles. The maximum Gasteiger partial charge on any atom is 0.0197 e. The first-order valence-electron chi connectivity index (χ1n) is 6.94. The summed E-state index contributed by atoms with van der Waals surface area (Å²) in [6.45, 7) is 15.4. The molecule has 1 saturated heterocycles. The highest BCUT2D eigenvalue weighted by atomic mass is 15.2. The van der Waals surface area contributed by atoms with E-state index in [0.29, 0.717) is 11.6 Å². The standard InChI is InChI=1S/C14H30N2/c1-6-14(4,5)16-9-7-8-15-13(11-16)10-12(2)3/h12-13,15H,6-11H2,1-5H3. The smallest absolute Gasteiger partial charge is 0.0197 e. The van der Waals surface area contributed by atoms with E-state index in [2.05, 4.69) is 44.8 Å². The highest BCUT2D eigenvalue weighted by Gasteiger charge is 2.28.